The molecule has 1 heterocycles. The number of amides is 1. The fourth-order valence-electron chi connectivity index (χ4n) is 1.61. The zero-order valence-corrected chi connectivity index (χ0v) is 11.1. The van der Waals surface area contributed by atoms with Gasteiger partial charge in [-0.25, -0.2) is 9.37 Å². The highest BCUT2D eigenvalue weighted by Gasteiger charge is 2.19. The lowest BCUT2D eigenvalue weighted by molar-refractivity contribution is -0.128. The molecule has 0 aliphatic heterocycles. The maximum atomic E-state index is 13.4. The van der Waals surface area contributed by atoms with E-state index < -0.39 is 11.9 Å². The summed E-state index contributed by atoms with van der Waals surface area (Å²) in [5.74, 6) is -0.286. The maximum Gasteiger partial charge on any atom is 0.261 e. The van der Waals surface area contributed by atoms with Crippen molar-refractivity contribution in [2.45, 2.75) is 26.0 Å². The Labute approximate surface area is 115 Å². The van der Waals surface area contributed by atoms with Gasteiger partial charge >= 0.3 is 0 Å². The minimum Gasteiger partial charge on any atom is -0.478 e. The minimum atomic E-state index is -0.822. The molecule has 0 radical (unpaired) electrons. The largest absolute Gasteiger partial charge is 0.478 e. The molecule has 1 aromatic carbocycles. The summed E-state index contributed by atoms with van der Waals surface area (Å²) in [5.41, 5.74) is 0. The molecule has 0 saturated carbocycles. The van der Waals surface area contributed by atoms with Crippen molar-refractivity contribution in [1.29, 1.82) is 0 Å². The summed E-state index contributed by atoms with van der Waals surface area (Å²) in [4.78, 5) is 15.9. The van der Waals surface area contributed by atoms with Crippen molar-refractivity contribution in [2.75, 3.05) is 0 Å². The van der Waals surface area contributed by atoms with Gasteiger partial charge in [0.2, 0.25) is 0 Å². The van der Waals surface area contributed by atoms with Crippen LogP contribution in [-0.2, 0) is 4.79 Å². The number of carbonyl (C=O) groups is 1. The second kappa shape index (κ2) is 6.14. The van der Waals surface area contributed by atoms with Crippen molar-refractivity contribution in [2.24, 2.45) is 0 Å². The summed E-state index contributed by atoms with van der Waals surface area (Å²) in [5, 5.41) is 9.07. The van der Waals surface area contributed by atoms with Gasteiger partial charge in [0.15, 0.2) is 17.7 Å². The fourth-order valence-corrected chi connectivity index (χ4v) is 1.61. The van der Waals surface area contributed by atoms with E-state index in [9.17, 15) is 9.18 Å². The van der Waals surface area contributed by atoms with Crippen molar-refractivity contribution >= 4 is 5.91 Å². The van der Waals surface area contributed by atoms with E-state index in [0.29, 0.717) is 5.82 Å². The van der Waals surface area contributed by atoms with Gasteiger partial charge in [0.1, 0.15) is 12.2 Å². The molecule has 0 spiro atoms. The topological polar surface area (TPSA) is 79.9 Å². The first kappa shape index (κ1) is 14.0. The third-order valence-corrected chi connectivity index (χ3v) is 2.71. The van der Waals surface area contributed by atoms with Crippen molar-refractivity contribution in [1.82, 2.24) is 20.5 Å². The number of rotatable bonds is 5. The Hall–Kier alpha value is -2.44. The quantitative estimate of drug-likeness (QED) is 0.870. The molecule has 1 aromatic heterocycles. The minimum absolute atomic E-state index is 0.0440. The third-order valence-electron chi connectivity index (χ3n) is 2.71. The van der Waals surface area contributed by atoms with E-state index in [1.165, 1.54) is 18.5 Å². The van der Waals surface area contributed by atoms with Gasteiger partial charge in [-0.1, -0.05) is 12.1 Å². The molecule has 0 aliphatic carbocycles. The van der Waals surface area contributed by atoms with E-state index >= 15 is 0 Å². The molecule has 6 nitrogen and oxygen atoms in total. The van der Waals surface area contributed by atoms with Gasteiger partial charge in [0.05, 0.1) is 6.04 Å². The molecular weight excluding hydrogens is 263 g/mol. The van der Waals surface area contributed by atoms with Gasteiger partial charge in [-0.2, -0.15) is 5.10 Å². The second-order valence-corrected chi connectivity index (χ2v) is 4.29. The van der Waals surface area contributed by atoms with Crippen molar-refractivity contribution in [3.63, 3.8) is 0 Å². The van der Waals surface area contributed by atoms with E-state index in [-0.39, 0.29) is 17.7 Å². The first-order valence-electron chi connectivity index (χ1n) is 6.14. The average molecular weight is 278 g/mol. The van der Waals surface area contributed by atoms with Crippen LogP contribution in [0.1, 0.15) is 25.7 Å². The molecule has 2 rings (SSSR count). The zero-order valence-electron chi connectivity index (χ0n) is 11.1. The molecule has 0 fully saturated rings. The number of nitrogens with one attached hydrogen (secondary N) is 2. The predicted molar refractivity (Wildman–Crippen MR) is 69.4 cm³/mol. The Morgan fingerprint density at radius 1 is 1.40 bits per heavy atom. The number of hydrogen-bond acceptors (Lipinski definition) is 4. The van der Waals surface area contributed by atoms with Crippen molar-refractivity contribution < 1.29 is 13.9 Å². The molecule has 2 aromatic rings. The summed E-state index contributed by atoms with van der Waals surface area (Å²) in [6.45, 7) is 3.31. The Morgan fingerprint density at radius 3 is 2.80 bits per heavy atom. The SMILES string of the molecule is CC(Oc1ccccc1F)C(=O)NC(C)c1ncn[nH]1. The number of benzene rings is 1. The van der Waals surface area contributed by atoms with Crippen LogP contribution in [0.2, 0.25) is 0 Å². The number of aromatic amines is 1. The van der Waals surface area contributed by atoms with Gasteiger partial charge in [-0.15, -0.1) is 0 Å². The van der Waals surface area contributed by atoms with E-state index in [4.69, 9.17) is 4.74 Å². The molecule has 0 saturated heterocycles. The lowest BCUT2D eigenvalue weighted by Crippen LogP contribution is -2.38. The molecule has 106 valence electrons. The molecule has 7 heteroatoms. The smallest absolute Gasteiger partial charge is 0.261 e. The number of hydrogen-bond donors (Lipinski definition) is 2. The van der Waals surface area contributed by atoms with E-state index in [0.717, 1.165) is 0 Å². The van der Waals surface area contributed by atoms with Gasteiger partial charge < -0.3 is 10.1 Å². The van der Waals surface area contributed by atoms with Crippen LogP contribution in [0.4, 0.5) is 4.39 Å². The summed E-state index contributed by atoms with van der Waals surface area (Å²) in [7, 11) is 0. The highest BCUT2D eigenvalue weighted by atomic mass is 19.1. The second-order valence-electron chi connectivity index (χ2n) is 4.29. The first-order valence-corrected chi connectivity index (χ1v) is 6.14. The molecule has 2 N–H and O–H groups in total. The lowest BCUT2D eigenvalue weighted by atomic mass is 10.2. The zero-order chi connectivity index (χ0) is 14.5. The Kier molecular flexibility index (Phi) is 4.29. The van der Waals surface area contributed by atoms with Crippen LogP contribution in [0.15, 0.2) is 30.6 Å². The first-order chi connectivity index (χ1) is 9.58. The molecule has 2 unspecified atom stereocenters. The number of nitrogens with zero attached hydrogens (tertiary/aromatic N) is 2. The van der Waals surface area contributed by atoms with Crippen molar-refractivity contribution in [3.05, 3.63) is 42.2 Å². The molecule has 1 amide bonds. The standard InChI is InChI=1S/C13H15FN4O2/c1-8(12-15-7-16-18-12)17-13(19)9(2)20-11-6-4-3-5-10(11)14/h3-9H,1-2H3,(H,17,19)(H,15,16,18). The fraction of sp³-hybridized carbons (Fsp3) is 0.308. The summed E-state index contributed by atoms with van der Waals surface area (Å²) in [6, 6.07) is 5.60. The summed E-state index contributed by atoms with van der Waals surface area (Å²) < 4.78 is 18.7. The monoisotopic (exact) mass is 278 g/mol. The van der Waals surface area contributed by atoms with Crippen LogP contribution >= 0.6 is 0 Å². The summed E-state index contributed by atoms with van der Waals surface area (Å²) >= 11 is 0. The molecule has 0 bridgehead atoms. The average Bonchev–Trinajstić information content (AvgIpc) is 2.95. The van der Waals surface area contributed by atoms with Crippen LogP contribution in [0, 0.1) is 5.82 Å². The Bertz CT molecular complexity index is 574. The van der Waals surface area contributed by atoms with E-state index in [1.807, 2.05) is 0 Å². The molecule has 2 atom stereocenters. The highest BCUT2D eigenvalue weighted by Crippen LogP contribution is 2.17. The van der Waals surface area contributed by atoms with Crippen LogP contribution < -0.4 is 10.1 Å². The molecule has 0 aliphatic rings. The molecule has 20 heavy (non-hydrogen) atoms. The third kappa shape index (κ3) is 3.31. The number of aromatic nitrogens is 3. The normalized spacial score (nSPS) is 13.6. The predicted octanol–water partition coefficient (Wildman–Crippen LogP) is 1.59. The number of halogens is 1. The molecular formula is C13H15FN4O2. The van der Waals surface area contributed by atoms with Gasteiger partial charge in [-0.3, -0.25) is 9.89 Å². The Balaban J connectivity index is 1.94. The van der Waals surface area contributed by atoms with Crippen LogP contribution in [-0.4, -0.2) is 27.2 Å². The van der Waals surface area contributed by atoms with Crippen LogP contribution in [0.3, 0.4) is 0 Å². The van der Waals surface area contributed by atoms with Gasteiger partial charge in [0, 0.05) is 0 Å². The number of para-hydroxylation sites is 1. The van der Waals surface area contributed by atoms with E-state index in [1.54, 1.807) is 26.0 Å². The van der Waals surface area contributed by atoms with Crippen LogP contribution in [0.5, 0.6) is 5.75 Å². The van der Waals surface area contributed by atoms with Gasteiger partial charge in [-0.05, 0) is 26.0 Å². The lowest BCUT2D eigenvalue weighted by Gasteiger charge is -2.17. The highest BCUT2D eigenvalue weighted by molar-refractivity contribution is 5.81. The van der Waals surface area contributed by atoms with Crippen LogP contribution in [0.25, 0.3) is 0 Å². The Morgan fingerprint density at radius 2 is 2.15 bits per heavy atom. The van der Waals surface area contributed by atoms with Gasteiger partial charge in [0.25, 0.3) is 5.91 Å². The number of carbonyl (C=O) groups excluding carboxylic acids is 1. The number of ether oxygens (including phenoxy) is 1. The maximum absolute atomic E-state index is 13.4. The van der Waals surface area contributed by atoms with Crippen molar-refractivity contribution in [3.8, 4) is 5.75 Å². The summed E-state index contributed by atoms with van der Waals surface area (Å²) in [6.07, 6.45) is 0.536. The van der Waals surface area contributed by atoms with E-state index in [2.05, 4.69) is 20.5 Å². The number of H-pyrrole nitrogens is 1.